The molecule has 0 saturated carbocycles. The molecule has 0 unspecified atom stereocenters. The summed E-state index contributed by atoms with van der Waals surface area (Å²) >= 11 is 0. The summed E-state index contributed by atoms with van der Waals surface area (Å²) in [6.45, 7) is 7.00. The fourth-order valence-corrected chi connectivity index (χ4v) is 2.73. The molecule has 23 heavy (non-hydrogen) atoms. The summed E-state index contributed by atoms with van der Waals surface area (Å²) in [6.07, 6.45) is 1.70. The molecule has 0 spiro atoms. The lowest BCUT2D eigenvalue weighted by Crippen LogP contribution is -2.42. The average molecular weight is 310 g/mol. The van der Waals surface area contributed by atoms with Gasteiger partial charge < -0.3 is 10.6 Å². The van der Waals surface area contributed by atoms with Gasteiger partial charge in [0.15, 0.2) is 0 Å². The summed E-state index contributed by atoms with van der Waals surface area (Å²) < 4.78 is 0. The normalized spacial score (nSPS) is 15.3. The van der Waals surface area contributed by atoms with E-state index in [1.54, 1.807) is 6.20 Å². The molecule has 0 radical (unpaired) electrons. The van der Waals surface area contributed by atoms with Gasteiger partial charge in [0.1, 0.15) is 5.82 Å². The largest absolute Gasteiger partial charge is 0.314 e. The molecular weight excluding hydrogens is 288 g/mol. The van der Waals surface area contributed by atoms with Crippen molar-refractivity contribution < 1.29 is 4.79 Å². The van der Waals surface area contributed by atoms with Crippen molar-refractivity contribution in [3.63, 3.8) is 0 Å². The van der Waals surface area contributed by atoms with Crippen molar-refractivity contribution in [2.24, 2.45) is 0 Å². The van der Waals surface area contributed by atoms with Crippen molar-refractivity contribution in [1.82, 2.24) is 15.2 Å². The number of carbonyl (C=O) groups excluding carboxylic acids is 1. The smallest absolute Gasteiger partial charge is 0.256 e. The number of nitrogens with zero attached hydrogens (tertiary/aromatic N) is 2. The highest BCUT2D eigenvalue weighted by Crippen LogP contribution is 2.12. The van der Waals surface area contributed by atoms with Crippen LogP contribution < -0.4 is 10.6 Å². The number of pyridine rings is 1. The van der Waals surface area contributed by atoms with Gasteiger partial charge in [0.25, 0.3) is 5.91 Å². The highest BCUT2D eigenvalue weighted by molar-refractivity contribution is 6.03. The van der Waals surface area contributed by atoms with Crippen LogP contribution in [0.15, 0.2) is 42.6 Å². The van der Waals surface area contributed by atoms with Gasteiger partial charge in [-0.05, 0) is 42.3 Å². The SMILES string of the molecule is Cc1ccnc(NC(=O)c2cccc(CN3CCNCC3)c2)c1. The summed E-state index contributed by atoms with van der Waals surface area (Å²) in [6, 6.07) is 11.6. The maximum Gasteiger partial charge on any atom is 0.256 e. The van der Waals surface area contributed by atoms with Crippen LogP contribution in [0.4, 0.5) is 5.82 Å². The number of benzene rings is 1. The van der Waals surface area contributed by atoms with E-state index in [-0.39, 0.29) is 5.91 Å². The molecular formula is C18H22N4O. The molecule has 0 atom stereocenters. The second-order valence-corrected chi connectivity index (χ2v) is 5.90. The molecule has 0 aliphatic carbocycles. The zero-order valence-corrected chi connectivity index (χ0v) is 13.4. The summed E-state index contributed by atoms with van der Waals surface area (Å²) in [4.78, 5) is 19.0. The molecule has 120 valence electrons. The van der Waals surface area contributed by atoms with E-state index in [2.05, 4.69) is 26.6 Å². The van der Waals surface area contributed by atoms with Crippen molar-refractivity contribution in [3.05, 3.63) is 59.3 Å². The molecule has 2 aromatic rings. The lowest BCUT2D eigenvalue weighted by Gasteiger charge is -2.27. The lowest BCUT2D eigenvalue weighted by molar-refractivity contribution is 0.102. The minimum Gasteiger partial charge on any atom is -0.314 e. The van der Waals surface area contributed by atoms with E-state index in [4.69, 9.17) is 0 Å². The van der Waals surface area contributed by atoms with E-state index < -0.39 is 0 Å². The first-order chi connectivity index (χ1) is 11.2. The highest BCUT2D eigenvalue weighted by atomic mass is 16.1. The molecule has 2 heterocycles. The number of rotatable bonds is 4. The van der Waals surface area contributed by atoms with Gasteiger partial charge in [-0.25, -0.2) is 4.98 Å². The van der Waals surface area contributed by atoms with Crippen LogP contribution in [0.2, 0.25) is 0 Å². The van der Waals surface area contributed by atoms with Gasteiger partial charge in [0, 0.05) is 44.5 Å². The zero-order chi connectivity index (χ0) is 16.1. The number of carbonyl (C=O) groups is 1. The molecule has 5 heteroatoms. The maximum absolute atomic E-state index is 12.4. The molecule has 1 aliphatic rings. The Hall–Kier alpha value is -2.24. The zero-order valence-electron chi connectivity index (χ0n) is 13.4. The second kappa shape index (κ2) is 7.35. The standard InChI is InChI=1S/C18H22N4O/c1-14-5-6-20-17(11-14)21-18(23)16-4-2-3-15(12-16)13-22-9-7-19-8-10-22/h2-6,11-12,19H,7-10,13H2,1H3,(H,20,21,23). The van der Waals surface area contributed by atoms with Crippen LogP contribution in [0.5, 0.6) is 0 Å². The number of aromatic nitrogens is 1. The second-order valence-electron chi connectivity index (χ2n) is 5.90. The number of anilines is 1. The quantitative estimate of drug-likeness (QED) is 0.907. The van der Waals surface area contributed by atoms with E-state index >= 15 is 0 Å². The molecule has 1 amide bonds. The van der Waals surface area contributed by atoms with Crippen molar-refractivity contribution in [2.45, 2.75) is 13.5 Å². The summed E-state index contributed by atoms with van der Waals surface area (Å²) in [5.74, 6) is 0.466. The van der Waals surface area contributed by atoms with Crippen LogP contribution in [0.1, 0.15) is 21.5 Å². The summed E-state index contributed by atoms with van der Waals surface area (Å²) in [7, 11) is 0. The van der Waals surface area contributed by atoms with E-state index in [9.17, 15) is 4.79 Å². The van der Waals surface area contributed by atoms with Gasteiger partial charge >= 0.3 is 0 Å². The average Bonchev–Trinajstić information content (AvgIpc) is 2.56. The number of amides is 1. The van der Waals surface area contributed by atoms with Crippen LogP contribution >= 0.6 is 0 Å². The minimum absolute atomic E-state index is 0.120. The molecule has 1 fully saturated rings. The Morgan fingerprint density at radius 1 is 1.26 bits per heavy atom. The van der Waals surface area contributed by atoms with E-state index in [1.807, 2.05) is 37.3 Å². The molecule has 2 N–H and O–H groups in total. The topological polar surface area (TPSA) is 57.3 Å². The van der Waals surface area contributed by atoms with Crippen molar-refractivity contribution in [3.8, 4) is 0 Å². The number of hydrogen-bond acceptors (Lipinski definition) is 4. The van der Waals surface area contributed by atoms with Gasteiger partial charge in [0.2, 0.25) is 0 Å². The summed E-state index contributed by atoms with van der Waals surface area (Å²) in [5, 5.41) is 6.21. The Balaban J connectivity index is 1.67. The molecule has 1 aliphatic heterocycles. The number of nitrogens with one attached hydrogen (secondary N) is 2. The number of hydrogen-bond donors (Lipinski definition) is 2. The van der Waals surface area contributed by atoms with Gasteiger partial charge in [-0.2, -0.15) is 0 Å². The lowest BCUT2D eigenvalue weighted by atomic mass is 10.1. The Bertz CT molecular complexity index is 680. The molecule has 5 nitrogen and oxygen atoms in total. The number of piperazine rings is 1. The maximum atomic E-state index is 12.4. The van der Waals surface area contributed by atoms with Gasteiger partial charge in [-0.15, -0.1) is 0 Å². The molecule has 1 aromatic heterocycles. The first-order valence-corrected chi connectivity index (χ1v) is 7.97. The van der Waals surface area contributed by atoms with Gasteiger partial charge in [-0.3, -0.25) is 9.69 Å². The van der Waals surface area contributed by atoms with Crippen molar-refractivity contribution in [1.29, 1.82) is 0 Å². The van der Waals surface area contributed by atoms with Crippen LogP contribution in [-0.2, 0) is 6.54 Å². The third-order valence-electron chi connectivity index (χ3n) is 3.96. The predicted octanol–water partition coefficient (Wildman–Crippen LogP) is 2.05. The number of aryl methyl sites for hydroxylation is 1. The van der Waals surface area contributed by atoms with Gasteiger partial charge in [-0.1, -0.05) is 12.1 Å². The fourth-order valence-electron chi connectivity index (χ4n) is 2.73. The van der Waals surface area contributed by atoms with Crippen molar-refractivity contribution >= 4 is 11.7 Å². The van der Waals surface area contributed by atoms with Crippen LogP contribution in [0.3, 0.4) is 0 Å². The third-order valence-corrected chi connectivity index (χ3v) is 3.96. The van der Waals surface area contributed by atoms with Crippen molar-refractivity contribution in [2.75, 3.05) is 31.5 Å². The van der Waals surface area contributed by atoms with Gasteiger partial charge in [0.05, 0.1) is 0 Å². The molecule has 1 saturated heterocycles. The van der Waals surface area contributed by atoms with Crippen LogP contribution in [-0.4, -0.2) is 42.0 Å². The molecule has 1 aromatic carbocycles. The highest BCUT2D eigenvalue weighted by Gasteiger charge is 2.12. The first-order valence-electron chi connectivity index (χ1n) is 7.97. The van der Waals surface area contributed by atoms with E-state index in [0.29, 0.717) is 11.4 Å². The third kappa shape index (κ3) is 4.37. The Morgan fingerprint density at radius 2 is 2.09 bits per heavy atom. The van der Waals surface area contributed by atoms with E-state index in [0.717, 1.165) is 43.9 Å². The Labute approximate surface area is 136 Å². The molecule has 0 bridgehead atoms. The van der Waals surface area contributed by atoms with Crippen LogP contribution in [0.25, 0.3) is 0 Å². The first kappa shape index (κ1) is 15.6. The monoisotopic (exact) mass is 310 g/mol. The van der Waals surface area contributed by atoms with E-state index in [1.165, 1.54) is 0 Å². The Morgan fingerprint density at radius 3 is 2.87 bits per heavy atom. The molecule has 3 rings (SSSR count). The van der Waals surface area contributed by atoms with Crippen LogP contribution in [0, 0.1) is 6.92 Å². The fraction of sp³-hybridized carbons (Fsp3) is 0.333. The Kier molecular flexibility index (Phi) is 5.00. The minimum atomic E-state index is -0.120. The summed E-state index contributed by atoms with van der Waals surface area (Å²) in [5.41, 5.74) is 2.90. The predicted molar refractivity (Wildman–Crippen MR) is 91.5 cm³/mol.